The number of para-hydroxylation sites is 2. The molecule has 0 aliphatic carbocycles. The van der Waals surface area contributed by atoms with Crippen molar-refractivity contribution in [3.05, 3.63) is 58.6 Å². The lowest BCUT2D eigenvalue weighted by atomic mass is 10.2. The highest BCUT2D eigenvalue weighted by molar-refractivity contribution is 5.92. The second kappa shape index (κ2) is 9.76. The third-order valence-electron chi connectivity index (χ3n) is 5.69. The van der Waals surface area contributed by atoms with Crippen LogP contribution in [-0.2, 0) is 9.53 Å². The van der Waals surface area contributed by atoms with E-state index in [2.05, 4.69) is 15.1 Å². The number of nitrogens with one attached hydrogen (secondary N) is 1. The summed E-state index contributed by atoms with van der Waals surface area (Å²) in [5.74, 6) is -0.0572. The molecule has 1 N–H and O–H groups in total. The van der Waals surface area contributed by atoms with Crippen LogP contribution < -0.4 is 15.1 Å². The van der Waals surface area contributed by atoms with Gasteiger partial charge in [-0.1, -0.05) is 12.1 Å². The van der Waals surface area contributed by atoms with E-state index in [4.69, 9.17) is 4.74 Å². The van der Waals surface area contributed by atoms with Crippen LogP contribution in [0.5, 0.6) is 0 Å². The molecule has 2 heterocycles. The van der Waals surface area contributed by atoms with Crippen molar-refractivity contribution in [3.8, 4) is 0 Å². The molecule has 0 aromatic heterocycles. The average molecular weight is 425 g/mol. The van der Waals surface area contributed by atoms with Gasteiger partial charge in [0.2, 0.25) is 5.91 Å². The number of anilines is 3. The Morgan fingerprint density at radius 2 is 1.61 bits per heavy atom. The zero-order chi connectivity index (χ0) is 21.6. The van der Waals surface area contributed by atoms with Crippen molar-refractivity contribution in [1.29, 1.82) is 0 Å². The third kappa shape index (κ3) is 5.31. The topological polar surface area (TPSA) is 91.2 Å². The van der Waals surface area contributed by atoms with E-state index in [9.17, 15) is 14.9 Å². The number of hydrogen-bond acceptors (Lipinski definition) is 7. The largest absolute Gasteiger partial charge is 0.378 e. The zero-order valence-corrected chi connectivity index (χ0v) is 17.4. The van der Waals surface area contributed by atoms with Gasteiger partial charge in [-0.3, -0.25) is 19.8 Å². The normalized spacial score (nSPS) is 17.4. The standard InChI is InChI=1S/C22H27N5O4/c28-22(23-18-5-7-19(8-6-18)25-13-15-31-16-14-25)17-24-9-11-26(12-10-24)20-3-1-2-4-21(20)27(29)30/h1-8H,9-17H2,(H,23,28). The van der Waals surface area contributed by atoms with Crippen LogP contribution in [0.1, 0.15) is 0 Å². The van der Waals surface area contributed by atoms with Gasteiger partial charge in [0.05, 0.1) is 24.7 Å². The monoisotopic (exact) mass is 425 g/mol. The summed E-state index contributed by atoms with van der Waals surface area (Å²) in [7, 11) is 0. The van der Waals surface area contributed by atoms with Crippen LogP contribution in [0.4, 0.5) is 22.7 Å². The predicted molar refractivity (Wildman–Crippen MR) is 120 cm³/mol. The Hall–Kier alpha value is -3.17. The first-order valence-electron chi connectivity index (χ1n) is 10.5. The molecule has 31 heavy (non-hydrogen) atoms. The fourth-order valence-electron chi connectivity index (χ4n) is 4.01. The van der Waals surface area contributed by atoms with Crippen molar-refractivity contribution in [2.45, 2.75) is 0 Å². The Morgan fingerprint density at radius 1 is 0.935 bits per heavy atom. The third-order valence-corrected chi connectivity index (χ3v) is 5.69. The molecule has 0 unspecified atom stereocenters. The van der Waals surface area contributed by atoms with Crippen molar-refractivity contribution in [3.63, 3.8) is 0 Å². The summed E-state index contributed by atoms with van der Waals surface area (Å²) in [6, 6.07) is 14.7. The van der Waals surface area contributed by atoms with Crippen LogP contribution in [0.25, 0.3) is 0 Å². The van der Waals surface area contributed by atoms with E-state index in [0.717, 1.165) is 37.7 Å². The maximum absolute atomic E-state index is 12.5. The van der Waals surface area contributed by atoms with Gasteiger partial charge in [-0.2, -0.15) is 0 Å². The van der Waals surface area contributed by atoms with E-state index in [1.54, 1.807) is 12.1 Å². The van der Waals surface area contributed by atoms with Crippen LogP contribution in [0, 0.1) is 10.1 Å². The summed E-state index contributed by atoms with van der Waals surface area (Å²) < 4.78 is 5.38. The molecule has 9 heteroatoms. The first kappa shape index (κ1) is 21.1. The Kier molecular flexibility index (Phi) is 6.63. The molecule has 2 aromatic carbocycles. The summed E-state index contributed by atoms with van der Waals surface area (Å²) in [6.45, 7) is 6.18. The van der Waals surface area contributed by atoms with Gasteiger partial charge in [0.1, 0.15) is 5.69 Å². The van der Waals surface area contributed by atoms with Gasteiger partial charge >= 0.3 is 0 Å². The molecular weight excluding hydrogens is 398 g/mol. The van der Waals surface area contributed by atoms with Crippen LogP contribution in [0.2, 0.25) is 0 Å². The lowest BCUT2D eigenvalue weighted by Gasteiger charge is -2.35. The SMILES string of the molecule is O=C(CN1CCN(c2ccccc2[N+](=O)[O-])CC1)Nc1ccc(N2CCOCC2)cc1. The first-order chi connectivity index (χ1) is 15.1. The lowest BCUT2D eigenvalue weighted by molar-refractivity contribution is -0.384. The number of hydrogen-bond donors (Lipinski definition) is 1. The highest BCUT2D eigenvalue weighted by Crippen LogP contribution is 2.28. The molecule has 2 saturated heterocycles. The lowest BCUT2D eigenvalue weighted by Crippen LogP contribution is -2.48. The summed E-state index contributed by atoms with van der Waals surface area (Å²) in [6.07, 6.45) is 0. The number of piperazine rings is 1. The van der Waals surface area contributed by atoms with Crippen LogP contribution in [0.15, 0.2) is 48.5 Å². The number of nitrogens with zero attached hydrogens (tertiary/aromatic N) is 4. The van der Waals surface area contributed by atoms with Gasteiger partial charge in [0.25, 0.3) is 5.69 Å². The second-order valence-corrected chi connectivity index (χ2v) is 7.70. The van der Waals surface area contributed by atoms with Gasteiger partial charge in [0.15, 0.2) is 0 Å². The van der Waals surface area contributed by atoms with Gasteiger partial charge in [0, 0.05) is 56.7 Å². The fraction of sp³-hybridized carbons (Fsp3) is 0.409. The van der Waals surface area contributed by atoms with E-state index in [0.29, 0.717) is 38.4 Å². The molecule has 0 spiro atoms. The molecule has 4 rings (SSSR count). The van der Waals surface area contributed by atoms with Gasteiger partial charge in [-0.25, -0.2) is 0 Å². The number of morpholine rings is 1. The predicted octanol–water partition coefficient (Wildman–Crippen LogP) is 2.19. The quantitative estimate of drug-likeness (QED) is 0.560. The molecule has 0 radical (unpaired) electrons. The second-order valence-electron chi connectivity index (χ2n) is 7.70. The van der Waals surface area contributed by atoms with Crippen molar-refractivity contribution in [2.24, 2.45) is 0 Å². The minimum atomic E-state index is -0.348. The molecule has 0 saturated carbocycles. The highest BCUT2D eigenvalue weighted by atomic mass is 16.6. The Morgan fingerprint density at radius 3 is 2.29 bits per heavy atom. The fourth-order valence-corrected chi connectivity index (χ4v) is 4.01. The smallest absolute Gasteiger partial charge is 0.292 e. The van der Waals surface area contributed by atoms with Crippen LogP contribution in [0.3, 0.4) is 0 Å². The van der Waals surface area contributed by atoms with Gasteiger partial charge in [-0.05, 0) is 30.3 Å². The van der Waals surface area contributed by atoms with E-state index in [1.165, 1.54) is 6.07 Å². The Balaban J connectivity index is 1.26. The molecule has 2 aliphatic rings. The first-order valence-corrected chi connectivity index (χ1v) is 10.5. The molecular formula is C22H27N5O4. The molecule has 2 aromatic rings. The van der Waals surface area contributed by atoms with E-state index in [-0.39, 0.29) is 16.5 Å². The van der Waals surface area contributed by atoms with Crippen LogP contribution >= 0.6 is 0 Å². The number of carbonyl (C=O) groups excluding carboxylic acids is 1. The average Bonchev–Trinajstić information content (AvgIpc) is 2.80. The molecule has 0 atom stereocenters. The van der Waals surface area contributed by atoms with Crippen LogP contribution in [-0.4, -0.2) is 74.8 Å². The van der Waals surface area contributed by atoms with Gasteiger partial charge < -0.3 is 19.9 Å². The summed E-state index contributed by atoms with van der Waals surface area (Å²) in [5, 5.41) is 14.2. The van der Waals surface area contributed by atoms with Crippen molar-refractivity contribution in [1.82, 2.24) is 4.90 Å². The molecule has 2 fully saturated rings. The number of nitro groups is 1. The zero-order valence-electron chi connectivity index (χ0n) is 17.4. The number of benzene rings is 2. The Bertz CT molecular complexity index is 906. The summed E-state index contributed by atoms with van der Waals surface area (Å²) in [4.78, 5) is 29.8. The minimum Gasteiger partial charge on any atom is -0.378 e. The molecule has 9 nitrogen and oxygen atoms in total. The highest BCUT2D eigenvalue weighted by Gasteiger charge is 2.24. The summed E-state index contributed by atoms with van der Waals surface area (Å²) >= 11 is 0. The number of rotatable bonds is 6. The number of carbonyl (C=O) groups is 1. The maximum atomic E-state index is 12.5. The number of nitro benzene ring substituents is 1. The number of amides is 1. The van der Waals surface area contributed by atoms with Gasteiger partial charge in [-0.15, -0.1) is 0 Å². The summed E-state index contributed by atoms with van der Waals surface area (Å²) in [5.41, 5.74) is 2.67. The van der Waals surface area contributed by atoms with E-state index in [1.807, 2.05) is 35.2 Å². The number of ether oxygens (including phenoxy) is 1. The molecule has 2 aliphatic heterocycles. The minimum absolute atomic E-state index is 0.0572. The molecule has 1 amide bonds. The van der Waals surface area contributed by atoms with Crippen molar-refractivity contribution in [2.75, 3.05) is 74.1 Å². The Labute approximate surface area is 181 Å². The van der Waals surface area contributed by atoms with E-state index >= 15 is 0 Å². The maximum Gasteiger partial charge on any atom is 0.292 e. The molecule has 0 bridgehead atoms. The van der Waals surface area contributed by atoms with Crippen molar-refractivity contribution < 1.29 is 14.5 Å². The van der Waals surface area contributed by atoms with Crippen molar-refractivity contribution >= 4 is 28.7 Å². The van der Waals surface area contributed by atoms with E-state index < -0.39 is 0 Å². The molecule has 164 valence electrons.